The Bertz CT molecular complexity index is 1420. The van der Waals surface area contributed by atoms with Gasteiger partial charge in [-0.25, -0.2) is 14.4 Å². The van der Waals surface area contributed by atoms with Crippen molar-refractivity contribution in [2.45, 2.75) is 32.0 Å². The van der Waals surface area contributed by atoms with Crippen LogP contribution < -0.4 is 11.1 Å². The number of benzene rings is 2. The van der Waals surface area contributed by atoms with E-state index in [1.807, 2.05) is 24.3 Å². The topological polar surface area (TPSA) is 106 Å². The molecule has 0 aliphatic carbocycles. The van der Waals surface area contributed by atoms with Gasteiger partial charge in [0.25, 0.3) is 0 Å². The molecule has 34 heavy (non-hydrogen) atoms. The maximum Gasteiger partial charge on any atom is 0.243 e. The van der Waals surface area contributed by atoms with Crippen LogP contribution in [0.3, 0.4) is 0 Å². The average Bonchev–Trinajstić information content (AvgIpc) is 3.44. The fraction of sp³-hybridized carbons (Fsp3) is 0.250. The summed E-state index contributed by atoms with van der Waals surface area (Å²) >= 11 is 5.82. The normalized spacial score (nSPS) is 15.8. The number of hydrogen-bond donors (Lipinski definition) is 2. The maximum atomic E-state index is 14.2. The number of halogens is 2. The van der Waals surface area contributed by atoms with Crippen LogP contribution in [0.1, 0.15) is 18.4 Å². The van der Waals surface area contributed by atoms with E-state index in [2.05, 4.69) is 15.3 Å². The molecule has 174 valence electrons. The number of para-hydroxylation sites is 1. The Kier molecular flexibility index (Phi) is 5.79. The van der Waals surface area contributed by atoms with Crippen LogP contribution >= 0.6 is 11.6 Å². The van der Waals surface area contributed by atoms with E-state index in [0.29, 0.717) is 41.8 Å². The first-order valence-electron chi connectivity index (χ1n) is 10.9. The highest BCUT2D eigenvalue weighted by Crippen LogP contribution is 2.31. The Morgan fingerprint density at radius 1 is 1.18 bits per heavy atom. The summed E-state index contributed by atoms with van der Waals surface area (Å²) in [5.41, 5.74) is 7.78. The van der Waals surface area contributed by atoms with E-state index in [1.165, 1.54) is 12.4 Å². The standard InChI is InChI=1S/C24H22ClFN6O2/c25-16-7-3-5-14(21(16)26)11-28-24(34)18-9-4-10-31(18)19(33)12-32-17-8-2-1-6-15(17)20-22(27)29-13-30-23(20)32/h1-3,5-8,13,18H,4,9-12H2,(H,28,34)(H2,27,29,30)/t18-/m0/s1. The van der Waals surface area contributed by atoms with Crippen molar-refractivity contribution in [3.05, 3.63) is 65.2 Å². The minimum atomic E-state index is -0.623. The van der Waals surface area contributed by atoms with Crippen molar-refractivity contribution in [3.63, 3.8) is 0 Å². The van der Waals surface area contributed by atoms with E-state index >= 15 is 0 Å². The minimum absolute atomic E-state index is 0.0000385. The number of carbonyl (C=O) groups excluding carboxylic acids is 2. The van der Waals surface area contributed by atoms with E-state index in [4.69, 9.17) is 17.3 Å². The number of rotatable bonds is 5. The third-order valence-corrected chi connectivity index (χ3v) is 6.52. The molecular weight excluding hydrogens is 459 g/mol. The van der Waals surface area contributed by atoms with Gasteiger partial charge in [-0.05, 0) is 25.0 Å². The monoisotopic (exact) mass is 480 g/mol. The molecule has 2 amide bonds. The largest absolute Gasteiger partial charge is 0.383 e. The van der Waals surface area contributed by atoms with E-state index in [9.17, 15) is 14.0 Å². The lowest BCUT2D eigenvalue weighted by Gasteiger charge is -2.24. The van der Waals surface area contributed by atoms with Gasteiger partial charge in [0.2, 0.25) is 11.8 Å². The Morgan fingerprint density at radius 2 is 2.00 bits per heavy atom. The van der Waals surface area contributed by atoms with E-state index in [1.54, 1.807) is 21.6 Å². The molecule has 1 atom stereocenters. The number of amides is 2. The van der Waals surface area contributed by atoms with Crippen LogP contribution in [0, 0.1) is 5.82 Å². The van der Waals surface area contributed by atoms with Crippen molar-refractivity contribution in [2.24, 2.45) is 0 Å². The smallest absolute Gasteiger partial charge is 0.243 e. The Balaban J connectivity index is 1.36. The summed E-state index contributed by atoms with van der Waals surface area (Å²) < 4.78 is 16.0. The molecule has 2 aromatic heterocycles. The van der Waals surface area contributed by atoms with E-state index < -0.39 is 11.9 Å². The molecule has 0 saturated carbocycles. The van der Waals surface area contributed by atoms with Crippen LogP contribution in [0.2, 0.25) is 5.02 Å². The molecule has 0 bridgehead atoms. The summed E-state index contributed by atoms with van der Waals surface area (Å²) in [7, 11) is 0. The molecule has 5 rings (SSSR count). The maximum absolute atomic E-state index is 14.2. The second-order valence-electron chi connectivity index (χ2n) is 8.24. The first kappa shape index (κ1) is 22.1. The van der Waals surface area contributed by atoms with E-state index in [-0.39, 0.29) is 29.9 Å². The Morgan fingerprint density at radius 3 is 2.85 bits per heavy atom. The zero-order valence-electron chi connectivity index (χ0n) is 18.2. The van der Waals surface area contributed by atoms with Crippen LogP contribution in [0.25, 0.3) is 21.9 Å². The molecule has 2 aromatic carbocycles. The van der Waals surface area contributed by atoms with Crippen molar-refractivity contribution in [2.75, 3.05) is 12.3 Å². The Labute approximate surface area is 199 Å². The molecule has 0 radical (unpaired) electrons. The highest BCUT2D eigenvalue weighted by molar-refractivity contribution is 6.30. The van der Waals surface area contributed by atoms with Gasteiger partial charge in [-0.1, -0.05) is 41.9 Å². The highest BCUT2D eigenvalue weighted by Gasteiger charge is 2.34. The lowest BCUT2D eigenvalue weighted by Crippen LogP contribution is -2.46. The molecule has 1 aliphatic rings. The van der Waals surface area contributed by atoms with Crippen LogP contribution in [0.15, 0.2) is 48.8 Å². The number of nitrogens with zero attached hydrogens (tertiary/aromatic N) is 4. The summed E-state index contributed by atoms with van der Waals surface area (Å²) in [6.45, 7) is 0.469. The van der Waals surface area contributed by atoms with Gasteiger partial charge in [-0.15, -0.1) is 0 Å². The second-order valence-corrected chi connectivity index (χ2v) is 8.64. The van der Waals surface area contributed by atoms with Crippen molar-refractivity contribution in [1.82, 2.24) is 24.8 Å². The third kappa shape index (κ3) is 3.81. The molecule has 10 heteroatoms. The number of carbonyl (C=O) groups is 2. The van der Waals surface area contributed by atoms with Crippen molar-refractivity contribution >= 4 is 51.2 Å². The van der Waals surface area contributed by atoms with Gasteiger partial charge in [-0.3, -0.25) is 9.59 Å². The van der Waals surface area contributed by atoms with Crippen LogP contribution in [-0.4, -0.2) is 43.8 Å². The van der Waals surface area contributed by atoms with Crippen molar-refractivity contribution in [1.29, 1.82) is 0 Å². The molecule has 0 unspecified atom stereocenters. The first-order chi connectivity index (χ1) is 16.5. The van der Waals surface area contributed by atoms with Crippen LogP contribution in [-0.2, 0) is 22.7 Å². The minimum Gasteiger partial charge on any atom is -0.383 e. The fourth-order valence-corrected chi connectivity index (χ4v) is 4.79. The van der Waals surface area contributed by atoms with Gasteiger partial charge in [0.1, 0.15) is 36.2 Å². The summed E-state index contributed by atoms with van der Waals surface area (Å²) in [5, 5.41) is 4.31. The van der Waals surface area contributed by atoms with Crippen molar-refractivity contribution < 1.29 is 14.0 Å². The zero-order valence-corrected chi connectivity index (χ0v) is 18.9. The number of nitrogens with two attached hydrogens (primary N) is 1. The summed E-state index contributed by atoms with van der Waals surface area (Å²) in [4.78, 5) is 36.3. The molecule has 8 nitrogen and oxygen atoms in total. The molecule has 1 fully saturated rings. The number of hydrogen-bond acceptors (Lipinski definition) is 5. The first-order valence-corrected chi connectivity index (χ1v) is 11.3. The summed E-state index contributed by atoms with van der Waals surface area (Å²) in [5.74, 6) is -0.735. The highest BCUT2D eigenvalue weighted by atomic mass is 35.5. The number of aromatic nitrogens is 3. The number of fused-ring (bicyclic) bond motifs is 3. The molecular formula is C24H22ClFN6O2. The van der Waals surface area contributed by atoms with Gasteiger partial charge < -0.3 is 20.5 Å². The SMILES string of the molecule is Nc1ncnc2c1c1ccccc1n2CC(=O)N1CCC[C@H]1C(=O)NCc1cccc(Cl)c1F. The number of likely N-dealkylation sites (tertiary alicyclic amines) is 1. The van der Waals surface area contributed by atoms with Gasteiger partial charge in [0, 0.05) is 24.0 Å². The second kappa shape index (κ2) is 8.90. The zero-order chi connectivity index (χ0) is 23.8. The predicted octanol–water partition coefficient (Wildman–Crippen LogP) is 3.27. The lowest BCUT2D eigenvalue weighted by atomic mass is 10.1. The number of nitrogens with one attached hydrogen (secondary N) is 1. The third-order valence-electron chi connectivity index (χ3n) is 6.23. The molecule has 3 N–H and O–H groups in total. The molecule has 1 saturated heterocycles. The molecule has 3 heterocycles. The molecule has 1 aliphatic heterocycles. The van der Waals surface area contributed by atoms with Gasteiger partial charge in [-0.2, -0.15) is 0 Å². The molecule has 4 aromatic rings. The lowest BCUT2D eigenvalue weighted by molar-refractivity contribution is -0.138. The van der Waals surface area contributed by atoms with Gasteiger partial charge in [0.05, 0.1) is 15.9 Å². The average molecular weight is 481 g/mol. The van der Waals surface area contributed by atoms with E-state index in [0.717, 1.165) is 10.9 Å². The van der Waals surface area contributed by atoms with Crippen LogP contribution in [0.5, 0.6) is 0 Å². The molecule has 0 spiro atoms. The number of nitrogen functional groups attached to an aromatic ring is 1. The Hall–Kier alpha value is -3.72. The fourth-order valence-electron chi connectivity index (χ4n) is 4.60. The van der Waals surface area contributed by atoms with Crippen LogP contribution in [0.4, 0.5) is 10.2 Å². The summed E-state index contributed by atoms with van der Waals surface area (Å²) in [6, 6.07) is 11.6. The predicted molar refractivity (Wildman–Crippen MR) is 127 cm³/mol. The van der Waals surface area contributed by atoms with Crippen molar-refractivity contribution in [3.8, 4) is 0 Å². The van der Waals surface area contributed by atoms with Gasteiger partial charge in [0.15, 0.2) is 0 Å². The summed E-state index contributed by atoms with van der Waals surface area (Å²) in [6.07, 6.45) is 2.62. The number of anilines is 1. The van der Waals surface area contributed by atoms with Gasteiger partial charge >= 0.3 is 0 Å². The quantitative estimate of drug-likeness (QED) is 0.456.